The van der Waals surface area contributed by atoms with Gasteiger partial charge in [-0.15, -0.1) is 0 Å². The topological polar surface area (TPSA) is 65.1 Å². The number of ether oxygens (including phenoxy) is 3. The van der Waals surface area contributed by atoms with Crippen LogP contribution in [-0.4, -0.2) is 35.3 Å². The second-order valence-corrected chi connectivity index (χ2v) is 10.7. The minimum absolute atomic E-state index is 0.277. The van der Waals surface area contributed by atoms with Crippen LogP contribution in [0.3, 0.4) is 0 Å². The molecule has 6 nitrogen and oxygen atoms in total. The zero-order valence-electron chi connectivity index (χ0n) is 20.4. The molecular formula is C28H24BrNO5S2. The quantitative estimate of drug-likeness (QED) is 0.168. The average molecular weight is 599 g/mol. The first-order chi connectivity index (χ1) is 17.8. The third-order valence-electron chi connectivity index (χ3n) is 5.64. The summed E-state index contributed by atoms with van der Waals surface area (Å²) >= 11 is 10.2. The molecule has 0 saturated carbocycles. The SMILES string of the molecule is COC(=O)C(c1ccccc1)N1C(=O)/C(=C\c2cc(Br)c(OCc3cccc(C)c3)c(OC)c2)SC1=S. The lowest BCUT2D eigenvalue weighted by Crippen LogP contribution is -2.37. The molecule has 1 heterocycles. The zero-order chi connectivity index (χ0) is 26.5. The van der Waals surface area contributed by atoms with Crippen molar-refractivity contribution in [1.82, 2.24) is 4.90 Å². The van der Waals surface area contributed by atoms with Gasteiger partial charge in [-0.05, 0) is 57.8 Å². The van der Waals surface area contributed by atoms with E-state index in [1.165, 1.54) is 12.0 Å². The van der Waals surface area contributed by atoms with Crippen molar-refractivity contribution in [2.24, 2.45) is 0 Å². The first kappa shape index (κ1) is 26.9. The molecule has 1 saturated heterocycles. The van der Waals surface area contributed by atoms with E-state index in [0.717, 1.165) is 22.9 Å². The molecule has 190 valence electrons. The van der Waals surface area contributed by atoms with E-state index in [0.29, 0.717) is 38.6 Å². The van der Waals surface area contributed by atoms with Crippen molar-refractivity contribution in [1.29, 1.82) is 0 Å². The van der Waals surface area contributed by atoms with Crippen molar-refractivity contribution >= 4 is 62.2 Å². The van der Waals surface area contributed by atoms with Gasteiger partial charge < -0.3 is 14.2 Å². The maximum absolute atomic E-state index is 13.4. The van der Waals surface area contributed by atoms with E-state index < -0.39 is 12.0 Å². The van der Waals surface area contributed by atoms with E-state index in [4.69, 9.17) is 26.4 Å². The maximum Gasteiger partial charge on any atom is 0.333 e. The minimum Gasteiger partial charge on any atom is -0.493 e. The normalized spacial score (nSPS) is 15.1. The first-order valence-corrected chi connectivity index (χ1v) is 13.3. The van der Waals surface area contributed by atoms with Gasteiger partial charge in [0.25, 0.3) is 5.91 Å². The number of methoxy groups -OCH3 is 2. The van der Waals surface area contributed by atoms with Gasteiger partial charge in [0.2, 0.25) is 0 Å². The summed E-state index contributed by atoms with van der Waals surface area (Å²) < 4.78 is 17.6. The first-order valence-electron chi connectivity index (χ1n) is 11.3. The number of halogens is 1. The van der Waals surface area contributed by atoms with E-state index in [1.807, 2.05) is 37.3 Å². The Bertz CT molecular complexity index is 1380. The Balaban J connectivity index is 1.61. The van der Waals surface area contributed by atoms with Crippen LogP contribution in [0.2, 0.25) is 0 Å². The lowest BCUT2D eigenvalue weighted by atomic mass is 10.1. The van der Waals surface area contributed by atoms with Gasteiger partial charge in [0, 0.05) is 0 Å². The smallest absolute Gasteiger partial charge is 0.333 e. The van der Waals surface area contributed by atoms with E-state index in [1.54, 1.807) is 43.5 Å². The summed E-state index contributed by atoms with van der Waals surface area (Å²) in [5.74, 6) is 0.136. The van der Waals surface area contributed by atoms with Gasteiger partial charge in [-0.25, -0.2) is 4.79 Å². The summed E-state index contributed by atoms with van der Waals surface area (Å²) in [4.78, 5) is 27.8. The summed E-state index contributed by atoms with van der Waals surface area (Å²) in [6.45, 7) is 2.41. The van der Waals surface area contributed by atoms with Crippen LogP contribution in [0.25, 0.3) is 6.08 Å². The average Bonchev–Trinajstić information content (AvgIpc) is 3.16. The summed E-state index contributed by atoms with van der Waals surface area (Å²) in [6, 6.07) is 19.7. The Morgan fingerprint density at radius 2 is 1.86 bits per heavy atom. The molecule has 0 aliphatic carbocycles. The molecule has 0 aromatic heterocycles. The number of thioether (sulfide) groups is 1. The molecule has 0 spiro atoms. The number of benzene rings is 3. The number of rotatable bonds is 8. The van der Waals surface area contributed by atoms with E-state index in [9.17, 15) is 9.59 Å². The van der Waals surface area contributed by atoms with Crippen LogP contribution in [0.5, 0.6) is 11.5 Å². The summed E-state index contributed by atoms with van der Waals surface area (Å²) in [5.41, 5.74) is 3.52. The highest BCUT2D eigenvalue weighted by Gasteiger charge is 2.41. The Labute approximate surface area is 233 Å². The summed E-state index contributed by atoms with van der Waals surface area (Å²) in [6.07, 6.45) is 1.72. The standard InChI is InChI=1S/C28H24BrNO5S2/c1-17-8-7-9-18(12-17)16-35-25-21(29)13-19(14-22(25)33-2)15-23-26(31)30(28(36)37-23)24(27(32)34-3)20-10-5-4-6-11-20/h4-15,24H,16H2,1-3H3/b23-15+. The summed E-state index contributed by atoms with van der Waals surface area (Å²) in [7, 11) is 2.85. The highest BCUT2D eigenvalue weighted by molar-refractivity contribution is 9.10. The van der Waals surface area contributed by atoms with Gasteiger partial charge in [-0.2, -0.15) is 0 Å². The van der Waals surface area contributed by atoms with Gasteiger partial charge in [0.15, 0.2) is 17.5 Å². The number of hydrogen-bond donors (Lipinski definition) is 0. The third kappa shape index (κ3) is 6.06. The Morgan fingerprint density at radius 3 is 2.54 bits per heavy atom. The summed E-state index contributed by atoms with van der Waals surface area (Å²) in [5, 5.41) is 0. The van der Waals surface area contributed by atoms with Crippen LogP contribution in [0.4, 0.5) is 0 Å². The molecule has 1 fully saturated rings. The van der Waals surface area contributed by atoms with Crippen LogP contribution in [0.1, 0.15) is 28.3 Å². The van der Waals surface area contributed by atoms with Crippen LogP contribution in [0.15, 0.2) is 76.1 Å². The molecule has 1 atom stereocenters. The predicted molar refractivity (Wildman–Crippen MR) is 152 cm³/mol. The van der Waals surface area contributed by atoms with Crippen molar-refractivity contribution < 1.29 is 23.8 Å². The number of esters is 1. The zero-order valence-corrected chi connectivity index (χ0v) is 23.6. The Kier molecular flexibility index (Phi) is 8.68. The van der Waals surface area contributed by atoms with Crippen molar-refractivity contribution in [3.05, 3.63) is 98.4 Å². The van der Waals surface area contributed by atoms with Gasteiger partial charge in [-0.1, -0.05) is 84.1 Å². The minimum atomic E-state index is -0.969. The number of thiocarbonyl (C=S) groups is 1. The van der Waals surface area contributed by atoms with Gasteiger partial charge in [-0.3, -0.25) is 9.69 Å². The van der Waals surface area contributed by atoms with Crippen LogP contribution >= 0.6 is 39.9 Å². The molecule has 0 radical (unpaired) electrons. The monoisotopic (exact) mass is 597 g/mol. The molecule has 1 aliphatic heterocycles. The van der Waals surface area contributed by atoms with E-state index >= 15 is 0 Å². The maximum atomic E-state index is 13.4. The molecule has 37 heavy (non-hydrogen) atoms. The van der Waals surface area contributed by atoms with Crippen molar-refractivity contribution in [3.8, 4) is 11.5 Å². The number of aryl methyl sites for hydroxylation is 1. The van der Waals surface area contributed by atoms with E-state index in [2.05, 4.69) is 22.0 Å². The number of carbonyl (C=O) groups is 2. The predicted octanol–water partition coefficient (Wildman–Crippen LogP) is 6.46. The van der Waals surface area contributed by atoms with Crippen LogP contribution < -0.4 is 9.47 Å². The molecule has 3 aromatic rings. The van der Waals surface area contributed by atoms with Crippen molar-refractivity contribution in [3.63, 3.8) is 0 Å². The molecular weight excluding hydrogens is 574 g/mol. The molecule has 9 heteroatoms. The lowest BCUT2D eigenvalue weighted by Gasteiger charge is -2.24. The molecule has 0 bridgehead atoms. The molecule has 1 unspecified atom stereocenters. The van der Waals surface area contributed by atoms with Gasteiger partial charge in [0.1, 0.15) is 10.9 Å². The van der Waals surface area contributed by atoms with Crippen molar-refractivity contribution in [2.45, 2.75) is 19.6 Å². The van der Waals surface area contributed by atoms with Gasteiger partial charge in [0.05, 0.1) is 23.6 Å². The Hall–Kier alpha value is -3.14. The second-order valence-electron chi connectivity index (χ2n) is 8.20. The number of nitrogens with zero attached hydrogens (tertiary/aromatic N) is 1. The molecule has 1 aliphatic rings. The number of amides is 1. The van der Waals surface area contributed by atoms with Crippen LogP contribution in [0, 0.1) is 6.92 Å². The highest BCUT2D eigenvalue weighted by atomic mass is 79.9. The Morgan fingerprint density at radius 1 is 1.11 bits per heavy atom. The number of hydrogen-bond acceptors (Lipinski definition) is 7. The van der Waals surface area contributed by atoms with Gasteiger partial charge >= 0.3 is 5.97 Å². The highest BCUT2D eigenvalue weighted by Crippen LogP contribution is 2.41. The van der Waals surface area contributed by atoms with Crippen molar-refractivity contribution in [2.75, 3.05) is 14.2 Å². The molecule has 0 N–H and O–H groups in total. The largest absolute Gasteiger partial charge is 0.493 e. The molecule has 1 amide bonds. The second kappa shape index (κ2) is 11.9. The van der Waals surface area contributed by atoms with E-state index in [-0.39, 0.29) is 10.2 Å². The van der Waals surface area contributed by atoms with Crippen LogP contribution in [-0.2, 0) is 20.9 Å². The molecule has 3 aromatic carbocycles. The fourth-order valence-electron chi connectivity index (χ4n) is 3.91. The number of carbonyl (C=O) groups excluding carboxylic acids is 2. The third-order valence-corrected chi connectivity index (χ3v) is 7.56. The fraction of sp³-hybridized carbons (Fsp3) is 0.179. The fourth-order valence-corrected chi connectivity index (χ4v) is 5.80. The molecule has 4 rings (SSSR count). The lowest BCUT2D eigenvalue weighted by molar-refractivity contribution is -0.148.